The Morgan fingerprint density at radius 1 is 1.53 bits per heavy atom. The van der Waals surface area contributed by atoms with Crippen LogP contribution < -0.4 is 0 Å². The van der Waals surface area contributed by atoms with Crippen molar-refractivity contribution in [2.45, 2.75) is 6.54 Å². The van der Waals surface area contributed by atoms with Crippen LogP contribution in [0.2, 0.25) is 0 Å². The Morgan fingerprint density at radius 3 is 2.95 bits per heavy atom. The van der Waals surface area contributed by atoms with Crippen molar-refractivity contribution in [1.29, 1.82) is 0 Å². The van der Waals surface area contributed by atoms with E-state index in [-0.39, 0.29) is 12.5 Å². The van der Waals surface area contributed by atoms with Gasteiger partial charge in [0.25, 0.3) is 5.91 Å². The lowest BCUT2D eigenvalue weighted by Crippen LogP contribution is -2.32. The van der Waals surface area contributed by atoms with Gasteiger partial charge in [-0.25, -0.2) is 0 Å². The van der Waals surface area contributed by atoms with E-state index in [0.29, 0.717) is 18.7 Å². The van der Waals surface area contributed by atoms with Crippen molar-refractivity contribution in [1.82, 2.24) is 9.88 Å². The van der Waals surface area contributed by atoms with Crippen LogP contribution in [-0.2, 0) is 6.54 Å². The molecule has 0 unspecified atom stereocenters. The summed E-state index contributed by atoms with van der Waals surface area (Å²) in [6.07, 6.45) is 3.42. The molecule has 0 spiro atoms. The van der Waals surface area contributed by atoms with Crippen molar-refractivity contribution in [2.24, 2.45) is 0 Å². The Labute approximate surface area is 123 Å². The standard InChI is InChI=1S/C13H13BrN2O2S/c14-12-6-11(9-19-12)13(18)16(4-5-17)8-10-2-1-3-15-7-10/h1-3,6-7,9,17H,4-5,8H2. The molecule has 1 N–H and O–H groups in total. The minimum absolute atomic E-state index is 0.0582. The molecule has 100 valence electrons. The molecule has 0 aromatic carbocycles. The molecule has 0 aliphatic heterocycles. The van der Waals surface area contributed by atoms with Gasteiger partial charge in [-0.2, -0.15) is 0 Å². The summed E-state index contributed by atoms with van der Waals surface area (Å²) in [5, 5.41) is 10.9. The Hall–Kier alpha value is -1.24. The second kappa shape index (κ2) is 6.79. The van der Waals surface area contributed by atoms with Gasteiger partial charge in [-0.15, -0.1) is 11.3 Å². The third-order valence-corrected chi connectivity index (χ3v) is 4.07. The number of aromatic nitrogens is 1. The van der Waals surface area contributed by atoms with Gasteiger partial charge in [-0.05, 0) is 33.6 Å². The van der Waals surface area contributed by atoms with E-state index >= 15 is 0 Å². The fraction of sp³-hybridized carbons (Fsp3) is 0.231. The fourth-order valence-electron chi connectivity index (χ4n) is 1.69. The number of aliphatic hydroxyl groups excluding tert-OH is 1. The lowest BCUT2D eigenvalue weighted by atomic mass is 10.2. The Morgan fingerprint density at radius 2 is 2.37 bits per heavy atom. The largest absolute Gasteiger partial charge is 0.395 e. The van der Waals surface area contributed by atoms with Crippen LogP contribution in [0, 0.1) is 0 Å². The first-order valence-electron chi connectivity index (χ1n) is 5.74. The number of pyridine rings is 1. The molecule has 1 amide bonds. The lowest BCUT2D eigenvalue weighted by Gasteiger charge is -2.21. The summed E-state index contributed by atoms with van der Waals surface area (Å²) in [5.74, 6) is -0.0835. The van der Waals surface area contributed by atoms with E-state index in [9.17, 15) is 4.79 Å². The number of hydrogen-bond donors (Lipinski definition) is 1. The summed E-state index contributed by atoms with van der Waals surface area (Å²) in [5.41, 5.74) is 1.58. The minimum atomic E-state index is -0.0835. The smallest absolute Gasteiger partial charge is 0.255 e. The molecule has 0 atom stereocenters. The van der Waals surface area contributed by atoms with E-state index in [0.717, 1.165) is 9.35 Å². The molecule has 4 nitrogen and oxygen atoms in total. The first-order valence-corrected chi connectivity index (χ1v) is 7.41. The molecule has 0 radical (unpaired) electrons. The predicted molar refractivity (Wildman–Crippen MR) is 78.1 cm³/mol. The first kappa shape index (κ1) is 14.2. The molecular formula is C13H13BrN2O2S. The maximum atomic E-state index is 12.3. The van der Waals surface area contributed by atoms with Gasteiger partial charge in [0.15, 0.2) is 0 Å². The number of thiophene rings is 1. The van der Waals surface area contributed by atoms with Gasteiger partial charge in [0.1, 0.15) is 0 Å². The van der Waals surface area contributed by atoms with Gasteiger partial charge in [-0.1, -0.05) is 6.07 Å². The summed E-state index contributed by atoms with van der Waals surface area (Å²) in [6.45, 7) is 0.694. The molecule has 0 aliphatic carbocycles. The highest BCUT2D eigenvalue weighted by atomic mass is 79.9. The number of carbonyl (C=O) groups is 1. The molecule has 6 heteroatoms. The van der Waals surface area contributed by atoms with Crippen molar-refractivity contribution in [3.63, 3.8) is 0 Å². The average Bonchev–Trinajstić information content (AvgIpc) is 2.85. The first-order chi connectivity index (χ1) is 9.20. The Balaban J connectivity index is 2.13. The molecule has 2 aromatic heterocycles. The van der Waals surface area contributed by atoms with Crippen LogP contribution in [0.1, 0.15) is 15.9 Å². The maximum Gasteiger partial charge on any atom is 0.255 e. The molecule has 2 rings (SSSR count). The van der Waals surface area contributed by atoms with E-state index in [1.54, 1.807) is 28.7 Å². The van der Waals surface area contributed by atoms with E-state index in [2.05, 4.69) is 20.9 Å². The topological polar surface area (TPSA) is 53.4 Å². The van der Waals surface area contributed by atoms with Crippen LogP contribution in [0.5, 0.6) is 0 Å². The third kappa shape index (κ3) is 3.86. The SMILES string of the molecule is O=C(c1csc(Br)c1)N(CCO)Cc1cccnc1. The highest BCUT2D eigenvalue weighted by molar-refractivity contribution is 9.11. The number of nitrogens with zero attached hydrogens (tertiary/aromatic N) is 2. The van der Waals surface area contributed by atoms with Gasteiger partial charge in [0.05, 0.1) is 16.0 Å². The Kier molecular flexibility index (Phi) is 5.07. The van der Waals surface area contributed by atoms with Gasteiger partial charge >= 0.3 is 0 Å². The van der Waals surface area contributed by atoms with Crippen LogP contribution in [0.3, 0.4) is 0 Å². The van der Waals surface area contributed by atoms with Crippen molar-refractivity contribution < 1.29 is 9.90 Å². The summed E-state index contributed by atoms with van der Waals surface area (Å²) in [4.78, 5) is 18.0. The molecule has 2 heterocycles. The highest BCUT2D eigenvalue weighted by Gasteiger charge is 2.17. The molecular weight excluding hydrogens is 328 g/mol. The molecule has 0 aliphatic rings. The zero-order chi connectivity index (χ0) is 13.7. The summed E-state index contributed by atoms with van der Waals surface area (Å²) < 4.78 is 0.918. The summed E-state index contributed by atoms with van der Waals surface area (Å²) >= 11 is 4.81. The van der Waals surface area contributed by atoms with Crippen molar-refractivity contribution in [2.75, 3.05) is 13.2 Å². The van der Waals surface area contributed by atoms with E-state index in [1.807, 2.05) is 12.1 Å². The molecule has 0 fully saturated rings. The molecule has 19 heavy (non-hydrogen) atoms. The normalized spacial score (nSPS) is 10.4. The monoisotopic (exact) mass is 340 g/mol. The van der Waals surface area contributed by atoms with Crippen LogP contribution in [0.15, 0.2) is 39.8 Å². The maximum absolute atomic E-state index is 12.3. The number of halogens is 1. The van der Waals surface area contributed by atoms with Crippen molar-refractivity contribution in [3.8, 4) is 0 Å². The second-order valence-corrected chi connectivity index (χ2v) is 6.24. The Bertz CT molecular complexity index is 545. The fourth-order valence-corrected chi connectivity index (χ4v) is 2.82. The number of carbonyl (C=O) groups excluding carboxylic acids is 1. The highest BCUT2D eigenvalue weighted by Crippen LogP contribution is 2.22. The summed E-state index contributed by atoms with van der Waals surface area (Å²) in [7, 11) is 0. The second-order valence-electron chi connectivity index (χ2n) is 3.95. The zero-order valence-corrected chi connectivity index (χ0v) is 12.5. The van der Waals surface area contributed by atoms with Crippen LogP contribution in [0.4, 0.5) is 0 Å². The van der Waals surface area contributed by atoms with Crippen molar-refractivity contribution in [3.05, 3.63) is 50.9 Å². The zero-order valence-electron chi connectivity index (χ0n) is 10.1. The molecule has 0 saturated carbocycles. The van der Waals surface area contributed by atoms with E-state index < -0.39 is 0 Å². The number of hydrogen-bond acceptors (Lipinski definition) is 4. The molecule has 0 bridgehead atoms. The van der Waals surface area contributed by atoms with Crippen molar-refractivity contribution >= 4 is 33.2 Å². The number of rotatable bonds is 5. The van der Waals surface area contributed by atoms with Gasteiger partial charge in [0.2, 0.25) is 0 Å². The third-order valence-electron chi connectivity index (χ3n) is 2.57. The van der Waals surface area contributed by atoms with Crippen LogP contribution in [0.25, 0.3) is 0 Å². The summed E-state index contributed by atoms with van der Waals surface area (Å²) in [6, 6.07) is 5.53. The van der Waals surface area contributed by atoms with Crippen LogP contribution >= 0.6 is 27.3 Å². The number of aliphatic hydroxyl groups is 1. The quantitative estimate of drug-likeness (QED) is 0.909. The van der Waals surface area contributed by atoms with E-state index in [1.165, 1.54) is 11.3 Å². The minimum Gasteiger partial charge on any atom is -0.395 e. The molecule has 0 saturated heterocycles. The van der Waals surface area contributed by atoms with Gasteiger partial charge < -0.3 is 10.0 Å². The van der Waals surface area contributed by atoms with Gasteiger partial charge in [0, 0.05) is 30.9 Å². The van der Waals surface area contributed by atoms with Gasteiger partial charge in [-0.3, -0.25) is 9.78 Å². The van der Waals surface area contributed by atoms with E-state index in [4.69, 9.17) is 5.11 Å². The lowest BCUT2D eigenvalue weighted by molar-refractivity contribution is 0.0708. The average molecular weight is 341 g/mol. The molecule has 2 aromatic rings. The van der Waals surface area contributed by atoms with Crippen LogP contribution in [-0.4, -0.2) is 34.0 Å². The number of amides is 1. The predicted octanol–water partition coefficient (Wildman–Crippen LogP) is 2.54.